The van der Waals surface area contributed by atoms with Gasteiger partial charge in [-0.25, -0.2) is 0 Å². The van der Waals surface area contributed by atoms with E-state index < -0.39 is 0 Å². The van der Waals surface area contributed by atoms with E-state index in [2.05, 4.69) is 0 Å². The number of benzene rings is 2. The van der Waals surface area contributed by atoms with E-state index in [1.807, 2.05) is 24.3 Å². The highest BCUT2D eigenvalue weighted by atomic mass is 16.5. The van der Waals surface area contributed by atoms with E-state index in [4.69, 9.17) is 29.4 Å². The van der Waals surface area contributed by atoms with Gasteiger partial charge in [-0.05, 0) is 43.5 Å². The van der Waals surface area contributed by atoms with Gasteiger partial charge in [0.1, 0.15) is 5.75 Å². The minimum atomic E-state index is -0.152. The molecule has 0 aromatic heterocycles. The minimum absolute atomic E-state index is 0.152. The van der Waals surface area contributed by atoms with Crippen LogP contribution in [0.2, 0.25) is 0 Å². The monoisotopic (exact) mass is 444 g/mol. The molecule has 0 spiro atoms. The zero-order valence-electron chi connectivity index (χ0n) is 19.2. The van der Waals surface area contributed by atoms with E-state index in [0.717, 1.165) is 24.8 Å². The van der Waals surface area contributed by atoms with Crippen molar-refractivity contribution in [3.63, 3.8) is 0 Å². The van der Waals surface area contributed by atoms with Crippen LogP contribution in [-0.2, 0) is 11.2 Å². The van der Waals surface area contributed by atoms with Gasteiger partial charge in [-0.15, -0.1) is 0 Å². The molecule has 0 saturated carbocycles. The molecule has 1 amide bonds. The third kappa shape index (κ3) is 5.08. The van der Waals surface area contributed by atoms with Crippen LogP contribution in [0.25, 0.3) is 0 Å². The Bertz CT molecular complexity index is 908. The summed E-state index contributed by atoms with van der Waals surface area (Å²) in [6.45, 7) is 1.79. The molecule has 1 heterocycles. The lowest BCUT2D eigenvalue weighted by molar-refractivity contribution is 0.0348. The van der Waals surface area contributed by atoms with Crippen LogP contribution in [0.5, 0.6) is 28.7 Å². The molecule has 0 aliphatic carbocycles. The first-order chi connectivity index (χ1) is 15.6. The van der Waals surface area contributed by atoms with Gasteiger partial charge in [0.05, 0.1) is 33.0 Å². The van der Waals surface area contributed by atoms with E-state index in [1.54, 1.807) is 18.1 Å². The number of carbonyl (C=O) groups excluding carboxylic acids is 1. The van der Waals surface area contributed by atoms with Gasteiger partial charge in [-0.3, -0.25) is 4.79 Å². The highest BCUT2D eigenvalue weighted by Crippen LogP contribution is 2.48. The molecular weight excluding hydrogens is 412 g/mol. The third-order valence-corrected chi connectivity index (χ3v) is 5.65. The van der Waals surface area contributed by atoms with Gasteiger partial charge in [0.25, 0.3) is 5.91 Å². The Hall–Kier alpha value is -2.97. The maximum Gasteiger partial charge on any atom is 0.257 e. The lowest BCUT2D eigenvalue weighted by Crippen LogP contribution is -2.40. The molecule has 1 aliphatic heterocycles. The molecule has 0 unspecified atom stereocenters. The van der Waals surface area contributed by atoms with Gasteiger partial charge < -0.3 is 34.3 Å². The highest BCUT2D eigenvalue weighted by Gasteiger charge is 2.30. The number of hydrogen-bond donors (Lipinski definition) is 1. The number of ether oxygens (including phenoxy) is 5. The van der Waals surface area contributed by atoms with Gasteiger partial charge in [0, 0.05) is 26.3 Å². The van der Waals surface area contributed by atoms with Crippen molar-refractivity contribution in [1.82, 2.24) is 4.90 Å². The average molecular weight is 445 g/mol. The molecule has 2 aromatic carbocycles. The topological polar surface area (TPSA) is 92.5 Å². The van der Waals surface area contributed by atoms with Crippen molar-refractivity contribution in [2.45, 2.75) is 25.4 Å². The fourth-order valence-electron chi connectivity index (χ4n) is 3.90. The molecule has 0 radical (unpaired) electrons. The van der Waals surface area contributed by atoms with E-state index in [9.17, 15) is 4.79 Å². The molecule has 3 rings (SSSR count). The summed E-state index contributed by atoms with van der Waals surface area (Å²) in [7, 11) is 6.23. The normalized spacial score (nSPS) is 14.2. The molecule has 1 saturated heterocycles. The van der Waals surface area contributed by atoms with Crippen molar-refractivity contribution in [3.05, 3.63) is 41.5 Å². The largest absolute Gasteiger partial charge is 0.492 e. The van der Waals surface area contributed by atoms with Crippen LogP contribution >= 0.6 is 0 Å². The van der Waals surface area contributed by atoms with Crippen LogP contribution in [0.1, 0.15) is 28.8 Å². The first-order valence-electron chi connectivity index (χ1n) is 10.7. The summed E-state index contributed by atoms with van der Waals surface area (Å²) in [4.78, 5) is 15.2. The molecule has 0 bridgehead atoms. The number of carbonyl (C=O) groups is 1. The Morgan fingerprint density at radius 2 is 1.59 bits per heavy atom. The van der Waals surface area contributed by atoms with Crippen LogP contribution in [0.15, 0.2) is 30.3 Å². The van der Waals surface area contributed by atoms with Gasteiger partial charge >= 0.3 is 0 Å². The quantitative estimate of drug-likeness (QED) is 0.635. The van der Waals surface area contributed by atoms with E-state index in [0.29, 0.717) is 53.9 Å². The van der Waals surface area contributed by atoms with Crippen molar-refractivity contribution >= 4 is 5.91 Å². The standard InChI is InChI=1S/C24H32N2O6/c1-28-17-10-13-26(14-11-17)24(27)19-15-20(22(30-3)23(31-4)21(19)29-2)32-18-7-5-16(6-8-18)9-12-25/h5-8,15,17H,9-14,25H2,1-4H3. The Kier molecular flexibility index (Phi) is 8.19. The first kappa shape index (κ1) is 23.7. The number of rotatable bonds is 9. The summed E-state index contributed by atoms with van der Waals surface area (Å²) in [5.74, 6) is 1.80. The fraction of sp³-hybridized carbons (Fsp3) is 0.458. The highest BCUT2D eigenvalue weighted by molar-refractivity contribution is 5.99. The molecule has 1 fully saturated rings. The predicted octanol–water partition coefficient (Wildman–Crippen LogP) is 3.26. The summed E-state index contributed by atoms with van der Waals surface area (Å²) in [6.07, 6.45) is 2.54. The maximum atomic E-state index is 13.4. The zero-order chi connectivity index (χ0) is 23.1. The molecule has 8 heteroatoms. The zero-order valence-corrected chi connectivity index (χ0v) is 19.2. The second kappa shape index (κ2) is 11.1. The number of nitrogens with zero attached hydrogens (tertiary/aromatic N) is 1. The fourth-order valence-corrected chi connectivity index (χ4v) is 3.90. The Morgan fingerprint density at radius 1 is 0.969 bits per heavy atom. The third-order valence-electron chi connectivity index (χ3n) is 5.65. The Labute approximate surface area is 189 Å². The minimum Gasteiger partial charge on any atom is -0.492 e. The summed E-state index contributed by atoms with van der Waals surface area (Å²) < 4.78 is 28.2. The molecule has 1 aliphatic rings. The lowest BCUT2D eigenvalue weighted by Gasteiger charge is -2.32. The van der Waals surface area contributed by atoms with Crippen molar-refractivity contribution in [1.29, 1.82) is 0 Å². The van der Waals surface area contributed by atoms with Crippen molar-refractivity contribution in [2.24, 2.45) is 5.73 Å². The van der Waals surface area contributed by atoms with Crippen LogP contribution < -0.4 is 24.7 Å². The second-order valence-electron chi connectivity index (χ2n) is 7.53. The summed E-state index contributed by atoms with van der Waals surface area (Å²) in [5.41, 5.74) is 7.10. The Morgan fingerprint density at radius 3 is 2.12 bits per heavy atom. The average Bonchev–Trinajstić information content (AvgIpc) is 2.84. The summed E-state index contributed by atoms with van der Waals surface area (Å²) in [5, 5.41) is 0. The van der Waals surface area contributed by atoms with Crippen LogP contribution in [0.3, 0.4) is 0 Å². The van der Waals surface area contributed by atoms with Crippen LogP contribution in [-0.4, -0.2) is 65.0 Å². The number of nitrogens with two attached hydrogens (primary N) is 1. The van der Waals surface area contributed by atoms with Gasteiger partial charge in [0.15, 0.2) is 11.5 Å². The molecule has 8 nitrogen and oxygen atoms in total. The Balaban J connectivity index is 1.97. The van der Waals surface area contributed by atoms with Gasteiger partial charge in [0.2, 0.25) is 11.5 Å². The SMILES string of the molecule is COc1c(Oc2ccc(CCN)cc2)cc(C(=O)N2CCC(OC)CC2)c(OC)c1OC. The van der Waals surface area contributed by atoms with Crippen LogP contribution in [0.4, 0.5) is 0 Å². The van der Waals surface area contributed by atoms with E-state index in [1.165, 1.54) is 21.3 Å². The lowest BCUT2D eigenvalue weighted by atomic mass is 10.0. The van der Waals surface area contributed by atoms with Crippen molar-refractivity contribution in [2.75, 3.05) is 48.1 Å². The predicted molar refractivity (Wildman–Crippen MR) is 121 cm³/mol. The van der Waals surface area contributed by atoms with Gasteiger partial charge in [-0.1, -0.05) is 12.1 Å². The molecule has 2 N–H and O–H groups in total. The van der Waals surface area contributed by atoms with Crippen molar-refractivity contribution < 1.29 is 28.5 Å². The summed E-state index contributed by atoms with van der Waals surface area (Å²) >= 11 is 0. The second-order valence-corrected chi connectivity index (χ2v) is 7.53. The molecule has 0 atom stereocenters. The first-order valence-corrected chi connectivity index (χ1v) is 10.7. The summed E-state index contributed by atoms with van der Waals surface area (Å²) in [6, 6.07) is 9.29. The smallest absolute Gasteiger partial charge is 0.257 e. The number of methoxy groups -OCH3 is 4. The molecule has 2 aromatic rings. The number of amides is 1. The number of piperidine rings is 1. The van der Waals surface area contributed by atoms with Gasteiger partial charge in [-0.2, -0.15) is 0 Å². The van der Waals surface area contributed by atoms with Crippen molar-refractivity contribution in [3.8, 4) is 28.7 Å². The number of hydrogen-bond acceptors (Lipinski definition) is 7. The molecular formula is C24H32N2O6. The van der Waals surface area contributed by atoms with E-state index >= 15 is 0 Å². The number of likely N-dealkylation sites (tertiary alicyclic amines) is 1. The molecule has 174 valence electrons. The van der Waals surface area contributed by atoms with Crippen LogP contribution in [0, 0.1) is 0 Å². The maximum absolute atomic E-state index is 13.4. The van der Waals surface area contributed by atoms with E-state index in [-0.39, 0.29) is 12.0 Å². The molecule has 32 heavy (non-hydrogen) atoms.